The average molecular weight is 605 g/mol. The van der Waals surface area contributed by atoms with Crippen LogP contribution in [0.5, 0.6) is 5.75 Å². The van der Waals surface area contributed by atoms with E-state index in [0.29, 0.717) is 13.5 Å². The van der Waals surface area contributed by atoms with E-state index >= 15 is 4.39 Å². The Hall–Kier alpha value is -2.77. The maximum atomic E-state index is 15.1. The standard InChI is InChI=1S/C21H20F4IN7O2/c1-20(34,21(23,24)25)18-15(35-2)6-16-29-9-14(33(16)32-18)17-11(22)5-10(7-27)19(31-17)30-13-8-28-4-3-12(13)26/h5-6,9,12-13,28,34H,3-4,8H2,1-2H3,(H,30,31)/t12?,13?,20-/m0/s1. The summed E-state index contributed by atoms with van der Waals surface area (Å²) in [5, 5.41) is 30.1. The summed E-state index contributed by atoms with van der Waals surface area (Å²) in [6.45, 7) is 2.00. The van der Waals surface area contributed by atoms with Crippen LogP contribution in [0.3, 0.4) is 0 Å². The first-order valence-corrected chi connectivity index (χ1v) is 11.7. The summed E-state index contributed by atoms with van der Waals surface area (Å²) in [5.41, 5.74) is -4.51. The molecule has 4 heterocycles. The van der Waals surface area contributed by atoms with E-state index in [1.54, 1.807) is 0 Å². The van der Waals surface area contributed by atoms with Gasteiger partial charge in [0.15, 0.2) is 11.5 Å². The van der Waals surface area contributed by atoms with Gasteiger partial charge in [-0.1, -0.05) is 22.6 Å². The van der Waals surface area contributed by atoms with Crippen LogP contribution in [0.25, 0.3) is 17.0 Å². The van der Waals surface area contributed by atoms with Crippen molar-refractivity contribution in [3.63, 3.8) is 0 Å². The monoisotopic (exact) mass is 605 g/mol. The number of ether oxygens (including phenoxy) is 1. The third-order valence-electron chi connectivity index (χ3n) is 5.75. The Labute approximate surface area is 210 Å². The molecule has 1 saturated heterocycles. The summed E-state index contributed by atoms with van der Waals surface area (Å²) in [7, 11) is 1.13. The number of anilines is 1. The fourth-order valence-electron chi connectivity index (χ4n) is 3.69. The second-order valence-corrected chi connectivity index (χ2v) is 9.73. The second-order valence-electron chi connectivity index (χ2n) is 8.13. The van der Waals surface area contributed by atoms with Crippen molar-refractivity contribution in [1.29, 1.82) is 5.26 Å². The summed E-state index contributed by atoms with van der Waals surface area (Å²) in [6.07, 6.45) is -2.99. The lowest BCUT2D eigenvalue weighted by atomic mass is 10.0. The number of pyridine rings is 1. The molecule has 3 aromatic heterocycles. The zero-order chi connectivity index (χ0) is 25.5. The molecule has 4 rings (SSSR count). The van der Waals surface area contributed by atoms with Gasteiger partial charge >= 0.3 is 6.18 Å². The molecule has 186 valence electrons. The molecule has 3 aromatic rings. The molecule has 0 saturated carbocycles. The number of nitrogens with one attached hydrogen (secondary N) is 2. The number of methoxy groups -OCH3 is 1. The van der Waals surface area contributed by atoms with E-state index in [9.17, 15) is 23.5 Å². The Kier molecular flexibility index (Phi) is 6.77. The molecule has 2 unspecified atom stereocenters. The highest BCUT2D eigenvalue weighted by molar-refractivity contribution is 14.1. The Balaban J connectivity index is 1.86. The molecule has 35 heavy (non-hydrogen) atoms. The normalized spacial score (nSPS) is 20.3. The molecule has 9 nitrogen and oxygen atoms in total. The predicted octanol–water partition coefficient (Wildman–Crippen LogP) is 3.16. The molecular formula is C21H20F4IN7O2. The van der Waals surface area contributed by atoms with E-state index in [4.69, 9.17) is 4.74 Å². The van der Waals surface area contributed by atoms with Gasteiger partial charge in [0.05, 0.1) is 24.9 Å². The van der Waals surface area contributed by atoms with Crippen molar-refractivity contribution in [2.24, 2.45) is 0 Å². The summed E-state index contributed by atoms with van der Waals surface area (Å²) in [5.74, 6) is -1.10. The lowest BCUT2D eigenvalue weighted by molar-refractivity contribution is -0.261. The minimum atomic E-state index is -5.07. The maximum Gasteiger partial charge on any atom is 0.422 e. The Bertz CT molecular complexity index is 1310. The van der Waals surface area contributed by atoms with Gasteiger partial charge in [0.1, 0.15) is 34.7 Å². The zero-order valence-electron chi connectivity index (χ0n) is 18.5. The van der Waals surface area contributed by atoms with E-state index in [-0.39, 0.29) is 44.1 Å². The Morgan fingerprint density at radius 1 is 1.37 bits per heavy atom. The number of fused-ring (bicyclic) bond motifs is 1. The van der Waals surface area contributed by atoms with E-state index in [1.807, 2.05) is 6.07 Å². The molecule has 3 atom stereocenters. The number of aliphatic hydroxyl groups is 1. The lowest BCUT2D eigenvalue weighted by Crippen LogP contribution is -2.46. The van der Waals surface area contributed by atoms with E-state index in [0.717, 1.165) is 36.7 Å². The summed E-state index contributed by atoms with van der Waals surface area (Å²) in [4.78, 5) is 8.38. The van der Waals surface area contributed by atoms with E-state index in [1.165, 1.54) is 6.20 Å². The first-order chi connectivity index (χ1) is 16.5. The van der Waals surface area contributed by atoms with Crippen molar-refractivity contribution in [1.82, 2.24) is 24.9 Å². The average Bonchev–Trinajstić information content (AvgIpc) is 3.22. The number of nitriles is 1. The largest absolute Gasteiger partial charge is 0.495 e. The third kappa shape index (κ3) is 4.59. The molecule has 0 amide bonds. The van der Waals surface area contributed by atoms with Crippen LogP contribution in [-0.4, -0.2) is 61.0 Å². The van der Waals surface area contributed by atoms with Crippen molar-refractivity contribution in [3.8, 4) is 23.2 Å². The number of hydrogen-bond donors (Lipinski definition) is 3. The smallest absolute Gasteiger partial charge is 0.422 e. The van der Waals surface area contributed by atoms with Crippen LogP contribution in [0.1, 0.15) is 24.6 Å². The van der Waals surface area contributed by atoms with Gasteiger partial charge in [0, 0.05) is 16.5 Å². The SMILES string of the molecule is COc1cc2ncc(-c3nc(NC4CNCCC4I)c(C#N)cc3F)n2nc1[C@](C)(O)C(F)(F)F. The Morgan fingerprint density at radius 2 is 2.11 bits per heavy atom. The molecule has 1 fully saturated rings. The highest BCUT2D eigenvalue weighted by Gasteiger charge is 2.54. The Morgan fingerprint density at radius 3 is 2.74 bits per heavy atom. The number of nitrogens with zero attached hydrogens (tertiary/aromatic N) is 5. The second kappa shape index (κ2) is 9.36. The number of hydrogen-bond acceptors (Lipinski definition) is 8. The van der Waals surface area contributed by atoms with Crippen LogP contribution in [0.15, 0.2) is 18.3 Å². The van der Waals surface area contributed by atoms with Crippen LogP contribution in [0, 0.1) is 17.1 Å². The van der Waals surface area contributed by atoms with Gasteiger partial charge in [-0.25, -0.2) is 18.9 Å². The first kappa shape index (κ1) is 25.3. The van der Waals surface area contributed by atoms with Gasteiger partial charge in [-0.05, 0) is 26.0 Å². The molecule has 1 aliphatic rings. The molecular weight excluding hydrogens is 585 g/mol. The molecule has 0 radical (unpaired) electrons. The molecule has 0 bridgehead atoms. The first-order valence-electron chi connectivity index (χ1n) is 10.4. The van der Waals surface area contributed by atoms with Crippen LogP contribution < -0.4 is 15.4 Å². The van der Waals surface area contributed by atoms with Crippen LogP contribution >= 0.6 is 22.6 Å². The minimum Gasteiger partial charge on any atom is -0.495 e. The van der Waals surface area contributed by atoms with Gasteiger partial charge in [-0.3, -0.25) is 0 Å². The van der Waals surface area contributed by atoms with Crippen molar-refractivity contribution >= 4 is 34.1 Å². The van der Waals surface area contributed by atoms with Crippen LogP contribution in [-0.2, 0) is 5.60 Å². The zero-order valence-corrected chi connectivity index (χ0v) is 20.6. The number of aromatic nitrogens is 4. The highest BCUT2D eigenvalue weighted by atomic mass is 127. The van der Waals surface area contributed by atoms with Gasteiger partial charge in [-0.2, -0.15) is 23.5 Å². The summed E-state index contributed by atoms with van der Waals surface area (Å²) in [6, 6.07) is 3.98. The molecule has 1 aliphatic heterocycles. The molecule has 0 aliphatic carbocycles. The number of halogens is 5. The number of rotatable bonds is 5. The van der Waals surface area contributed by atoms with E-state index < -0.39 is 23.3 Å². The van der Waals surface area contributed by atoms with Crippen molar-refractivity contribution in [3.05, 3.63) is 35.4 Å². The minimum absolute atomic E-state index is 0.0235. The van der Waals surface area contributed by atoms with Gasteiger partial charge in [-0.15, -0.1) is 0 Å². The van der Waals surface area contributed by atoms with Gasteiger partial charge in [0.2, 0.25) is 5.60 Å². The maximum absolute atomic E-state index is 15.1. The fraction of sp³-hybridized carbons (Fsp3) is 0.429. The lowest BCUT2D eigenvalue weighted by Gasteiger charge is -2.29. The quantitative estimate of drug-likeness (QED) is 0.231. The van der Waals surface area contributed by atoms with Crippen molar-refractivity contribution < 1.29 is 27.4 Å². The number of alkyl halides is 4. The van der Waals surface area contributed by atoms with Crippen LogP contribution in [0.4, 0.5) is 23.4 Å². The molecule has 14 heteroatoms. The van der Waals surface area contributed by atoms with Crippen molar-refractivity contribution in [2.45, 2.75) is 35.1 Å². The van der Waals surface area contributed by atoms with E-state index in [2.05, 4.69) is 48.3 Å². The number of imidazole rings is 1. The van der Waals surface area contributed by atoms with Crippen molar-refractivity contribution in [2.75, 3.05) is 25.5 Å². The molecule has 0 aromatic carbocycles. The van der Waals surface area contributed by atoms with Crippen LogP contribution in [0.2, 0.25) is 0 Å². The topological polar surface area (TPSA) is 120 Å². The predicted molar refractivity (Wildman–Crippen MR) is 126 cm³/mol. The van der Waals surface area contributed by atoms with Gasteiger partial charge in [0.25, 0.3) is 0 Å². The third-order valence-corrected chi connectivity index (χ3v) is 7.24. The molecule has 3 N–H and O–H groups in total. The highest BCUT2D eigenvalue weighted by Crippen LogP contribution is 2.41. The van der Waals surface area contributed by atoms with Gasteiger partial charge < -0.3 is 20.5 Å². The summed E-state index contributed by atoms with van der Waals surface area (Å²) < 4.78 is 61.9. The summed E-state index contributed by atoms with van der Waals surface area (Å²) >= 11 is 2.29. The fourth-order valence-corrected chi connectivity index (χ4v) is 4.44. The number of piperidine rings is 1. The molecule has 0 spiro atoms.